The summed E-state index contributed by atoms with van der Waals surface area (Å²) in [7, 11) is 0. The maximum atomic E-state index is 11.4. The van der Waals surface area contributed by atoms with Crippen LogP contribution in [0.3, 0.4) is 0 Å². The molecule has 0 bridgehead atoms. The molecule has 0 saturated heterocycles. The summed E-state index contributed by atoms with van der Waals surface area (Å²) in [5.41, 5.74) is 0.163. The number of nitrogens with one attached hydrogen (secondary N) is 2. The molecule has 0 spiro atoms. The third-order valence-corrected chi connectivity index (χ3v) is 1.89. The Labute approximate surface area is 87.1 Å². The molecule has 1 unspecified atom stereocenters. The summed E-state index contributed by atoms with van der Waals surface area (Å²) in [5.74, 6) is -0.257. The molecule has 1 aromatic heterocycles. The van der Waals surface area contributed by atoms with Crippen LogP contribution in [0.15, 0.2) is 23.1 Å². The molecule has 5 heteroatoms. The lowest BCUT2D eigenvalue weighted by molar-refractivity contribution is 0.0945. The minimum Gasteiger partial charge on any atom is -0.393 e. The Kier molecular flexibility index (Phi) is 4.05. The van der Waals surface area contributed by atoms with Crippen molar-refractivity contribution in [1.82, 2.24) is 10.3 Å². The maximum absolute atomic E-state index is 11.4. The number of amides is 1. The predicted molar refractivity (Wildman–Crippen MR) is 55.7 cm³/mol. The number of rotatable bonds is 4. The van der Waals surface area contributed by atoms with Crippen LogP contribution in [0.25, 0.3) is 0 Å². The zero-order chi connectivity index (χ0) is 11.3. The van der Waals surface area contributed by atoms with Gasteiger partial charge in [-0.05, 0) is 19.4 Å². The van der Waals surface area contributed by atoms with Crippen molar-refractivity contribution in [1.29, 1.82) is 0 Å². The first-order chi connectivity index (χ1) is 7.09. The molecule has 82 valence electrons. The topological polar surface area (TPSA) is 82.2 Å². The van der Waals surface area contributed by atoms with Crippen molar-refractivity contribution in [2.24, 2.45) is 0 Å². The predicted octanol–water partition coefficient (Wildman–Crippen LogP) is -0.124. The number of hydrogen-bond donors (Lipinski definition) is 3. The second-order valence-electron chi connectivity index (χ2n) is 3.34. The molecule has 0 radical (unpaired) electrons. The number of pyridine rings is 1. The van der Waals surface area contributed by atoms with Gasteiger partial charge in [-0.2, -0.15) is 0 Å². The summed E-state index contributed by atoms with van der Waals surface area (Å²) in [4.78, 5) is 24.6. The SMILES string of the molecule is CC(O)CCNC(=O)c1ccc(=O)[nH]c1. The van der Waals surface area contributed by atoms with Crippen LogP contribution < -0.4 is 10.9 Å². The van der Waals surface area contributed by atoms with Gasteiger partial charge in [0, 0.05) is 18.8 Å². The summed E-state index contributed by atoms with van der Waals surface area (Å²) in [6, 6.07) is 2.75. The van der Waals surface area contributed by atoms with Crippen LogP contribution in [-0.4, -0.2) is 28.6 Å². The van der Waals surface area contributed by atoms with Crippen LogP contribution in [0.5, 0.6) is 0 Å². The lowest BCUT2D eigenvalue weighted by Crippen LogP contribution is -2.27. The zero-order valence-corrected chi connectivity index (χ0v) is 8.49. The van der Waals surface area contributed by atoms with E-state index in [1.54, 1.807) is 6.92 Å². The second kappa shape index (κ2) is 5.31. The molecular weight excluding hydrogens is 196 g/mol. The van der Waals surface area contributed by atoms with Gasteiger partial charge in [0.15, 0.2) is 0 Å². The van der Waals surface area contributed by atoms with E-state index in [2.05, 4.69) is 10.3 Å². The van der Waals surface area contributed by atoms with E-state index in [1.807, 2.05) is 0 Å². The first-order valence-corrected chi connectivity index (χ1v) is 4.74. The van der Waals surface area contributed by atoms with E-state index in [1.165, 1.54) is 18.3 Å². The quantitative estimate of drug-likeness (QED) is 0.647. The molecule has 15 heavy (non-hydrogen) atoms. The summed E-state index contributed by atoms with van der Waals surface area (Å²) in [6.07, 6.45) is 1.44. The van der Waals surface area contributed by atoms with Gasteiger partial charge in [0.25, 0.3) is 5.91 Å². The van der Waals surface area contributed by atoms with Gasteiger partial charge in [-0.1, -0.05) is 0 Å². The number of carbonyl (C=O) groups excluding carboxylic acids is 1. The molecule has 1 heterocycles. The van der Waals surface area contributed by atoms with Gasteiger partial charge in [-0.15, -0.1) is 0 Å². The summed E-state index contributed by atoms with van der Waals surface area (Å²) >= 11 is 0. The molecule has 0 aromatic carbocycles. The summed E-state index contributed by atoms with van der Waals surface area (Å²) in [6.45, 7) is 2.07. The van der Waals surface area contributed by atoms with Crippen LogP contribution in [0.2, 0.25) is 0 Å². The Balaban J connectivity index is 2.47. The van der Waals surface area contributed by atoms with Gasteiger partial charge in [0.1, 0.15) is 0 Å². The normalized spacial score (nSPS) is 12.1. The summed E-state index contributed by atoms with van der Waals surface area (Å²) < 4.78 is 0. The molecule has 0 aliphatic rings. The van der Waals surface area contributed by atoms with Gasteiger partial charge >= 0.3 is 0 Å². The molecule has 3 N–H and O–H groups in total. The van der Waals surface area contributed by atoms with E-state index >= 15 is 0 Å². The Hall–Kier alpha value is -1.62. The minimum atomic E-state index is -0.430. The molecule has 1 rings (SSSR count). The van der Waals surface area contributed by atoms with Gasteiger partial charge in [-0.25, -0.2) is 0 Å². The van der Waals surface area contributed by atoms with E-state index < -0.39 is 6.10 Å². The fraction of sp³-hybridized carbons (Fsp3) is 0.400. The standard InChI is InChI=1S/C10H14N2O3/c1-7(13)4-5-11-10(15)8-2-3-9(14)12-6-8/h2-3,6-7,13H,4-5H2,1H3,(H,11,15)(H,12,14). The molecular formula is C10H14N2O3. The average molecular weight is 210 g/mol. The van der Waals surface area contributed by atoms with Crippen molar-refractivity contribution >= 4 is 5.91 Å². The second-order valence-corrected chi connectivity index (χ2v) is 3.34. The van der Waals surface area contributed by atoms with E-state index in [4.69, 9.17) is 5.11 Å². The van der Waals surface area contributed by atoms with Crippen LogP contribution in [0.4, 0.5) is 0 Å². The first-order valence-electron chi connectivity index (χ1n) is 4.74. The smallest absolute Gasteiger partial charge is 0.252 e. The highest BCUT2D eigenvalue weighted by molar-refractivity contribution is 5.93. The van der Waals surface area contributed by atoms with Crippen molar-refractivity contribution in [2.75, 3.05) is 6.54 Å². The molecule has 0 fully saturated rings. The van der Waals surface area contributed by atoms with E-state index in [9.17, 15) is 9.59 Å². The monoisotopic (exact) mass is 210 g/mol. The van der Waals surface area contributed by atoms with Crippen LogP contribution in [-0.2, 0) is 0 Å². The van der Waals surface area contributed by atoms with Gasteiger partial charge in [-0.3, -0.25) is 9.59 Å². The zero-order valence-electron chi connectivity index (χ0n) is 8.49. The van der Waals surface area contributed by atoms with Crippen molar-refractivity contribution in [3.05, 3.63) is 34.2 Å². The molecule has 0 saturated carbocycles. The lowest BCUT2D eigenvalue weighted by atomic mass is 10.2. The van der Waals surface area contributed by atoms with Crippen molar-refractivity contribution in [3.63, 3.8) is 0 Å². The average Bonchev–Trinajstić information content (AvgIpc) is 2.18. The molecule has 0 aliphatic heterocycles. The van der Waals surface area contributed by atoms with Crippen LogP contribution in [0.1, 0.15) is 23.7 Å². The molecule has 0 aliphatic carbocycles. The number of aliphatic hydroxyl groups is 1. The number of aromatic nitrogens is 1. The number of hydrogen-bond acceptors (Lipinski definition) is 3. The van der Waals surface area contributed by atoms with Crippen molar-refractivity contribution in [2.45, 2.75) is 19.4 Å². The number of H-pyrrole nitrogens is 1. The molecule has 1 aromatic rings. The van der Waals surface area contributed by atoms with Gasteiger partial charge < -0.3 is 15.4 Å². The Morgan fingerprint density at radius 2 is 2.33 bits per heavy atom. The molecule has 1 atom stereocenters. The fourth-order valence-corrected chi connectivity index (χ4v) is 1.05. The number of carbonyl (C=O) groups is 1. The van der Waals surface area contributed by atoms with E-state index in [-0.39, 0.29) is 11.5 Å². The largest absolute Gasteiger partial charge is 0.393 e. The van der Waals surface area contributed by atoms with Gasteiger partial charge in [0.2, 0.25) is 5.56 Å². The highest BCUT2D eigenvalue weighted by Crippen LogP contribution is 1.93. The minimum absolute atomic E-state index is 0.240. The van der Waals surface area contributed by atoms with E-state index in [0.717, 1.165) is 0 Å². The molecule has 1 amide bonds. The number of aromatic amines is 1. The Morgan fingerprint density at radius 1 is 1.60 bits per heavy atom. The fourth-order valence-electron chi connectivity index (χ4n) is 1.05. The maximum Gasteiger partial charge on any atom is 0.252 e. The highest BCUT2D eigenvalue weighted by Gasteiger charge is 2.04. The Bertz CT molecular complexity index is 364. The van der Waals surface area contributed by atoms with Crippen molar-refractivity contribution < 1.29 is 9.90 Å². The number of aliphatic hydroxyl groups excluding tert-OH is 1. The van der Waals surface area contributed by atoms with Crippen LogP contribution >= 0.6 is 0 Å². The Morgan fingerprint density at radius 3 is 2.87 bits per heavy atom. The van der Waals surface area contributed by atoms with Crippen molar-refractivity contribution in [3.8, 4) is 0 Å². The lowest BCUT2D eigenvalue weighted by Gasteiger charge is -2.06. The highest BCUT2D eigenvalue weighted by atomic mass is 16.3. The van der Waals surface area contributed by atoms with E-state index in [0.29, 0.717) is 18.5 Å². The third-order valence-electron chi connectivity index (χ3n) is 1.89. The van der Waals surface area contributed by atoms with Crippen LogP contribution in [0, 0.1) is 0 Å². The summed E-state index contributed by atoms with van der Waals surface area (Å²) in [5, 5.41) is 11.6. The first kappa shape index (κ1) is 11.5. The third kappa shape index (κ3) is 3.95. The van der Waals surface area contributed by atoms with Gasteiger partial charge in [0.05, 0.1) is 11.7 Å². The molecule has 5 nitrogen and oxygen atoms in total.